The molecule has 1 atom stereocenters. The van der Waals surface area contributed by atoms with Gasteiger partial charge in [0.05, 0.1) is 17.5 Å². The topological polar surface area (TPSA) is 50.1 Å². The number of hydrogen-bond acceptors (Lipinski definition) is 3. The number of hydrogen-bond donors (Lipinski definition) is 2. The number of nitrogens with one attached hydrogen (secondary N) is 1. The van der Waals surface area contributed by atoms with E-state index in [4.69, 9.17) is 5.10 Å². The Bertz CT molecular complexity index is 840. The molecule has 0 amide bonds. The van der Waals surface area contributed by atoms with Crippen LogP contribution in [0.5, 0.6) is 0 Å². The van der Waals surface area contributed by atoms with E-state index in [1.54, 1.807) is 23.7 Å². The number of aromatic nitrogens is 2. The molecule has 130 valence electrons. The van der Waals surface area contributed by atoms with E-state index >= 15 is 0 Å². The summed E-state index contributed by atoms with van der Waals surface area (Å²) >= 11 is 0. The van der Waals surface area contributed by atoms with Crippen molar-refractivity contribution in [2.75, 3.05) is 6.54 Å². The van der Waals surface area contributed by atoms with Crippen molar-refractivity contribution in [1.82, 2.24) is 15.1 Å². The molecule has 2 aromatic carbocycles. The Morgan fingerprint density at radius 1 is 1.20 bits per heavy atom. The molecule has 0 fully saturated rings. The quantitative estimate of drug-likeness (QED) is 0.723. The summed E-state index contributed by atoms with van der Waals surface area (Å²) in [4.78, 5) is 0. The molecule has 0 radical (unpaired) electrons. The Balaban J connectivity index is 1.97. The Morgan fingerprint density at radius 2 is 1.96 bits per heavy atom. The smallest absolute Gasteiger partial charge is 0.123 e. The average Bonchev–Trinajstić information content (AvgIpc) is 2.99. The van der Waals surface area contributed by atoms with Gasteiger partial charge in [0.15, 0.2) is 0 Å². The van der Waals surface area contributed by atoms with Crippen LogP contribution in [0.15, 0.2) is 54.7 Å². The Hall–Kier alpha value is -2.50. The fourth-order valence-corrected chi connectivity index (χ4v) is 2.72. The van der Waals surface area contributed by atoms with E-state index in [1.165, 1.54) is 12.1 Å². The summed E-state index contributed by atoms with van der Waals surface area (Å²) in [5.41, 5.74) is 4.91. The Labute approximate surface area is 146 Å². The number of nitrogens with zero attached hydrogens (tertiary/aromatic N) is 2. The number of aliphatic hydroxyl groups excluding tert-OH is 1. The van der Waals surface area contributed by atoms with Gasteiger partial charge in [-0.15, -0.1) is 0 Å². The van der Waals surface area contributed by atoms with E-state index in [2.05, 4.69) is 11.4 Å². The van der Waals surface area contributed by atoms with E-state index in [1.807, 2.05) is 31.3 Å². The van der Waals surface area contributed by atoms with E-state index in [0.717, 1.165) is 28.1 Å². The lowest BCUT2D eigenvalue weighted by Crippen LogP contribution is -2.23. The summed E-state index contributed by atoms with van der Waals surface area (Å²) in [7, 11) is 0. The van der Waals surface area contributed by atoms with Crippen LogP contribution in [-0.4, -0.2) is 27.5 Å². The largest absolute Gasteiger partial charge is 0.392 e. The van der Waals surface area contributed by atoms with Crippen LogP contribution in [0.1, 0.15) is 18.1 Å². The van der Waals surface area contributed by atoms with Crippen molar-refractivity contribution >= 4 is 0 Å². The number of halogens is 1. The fraction of sp³-hybridized carbons (Fsp3) is 0.250. The van der Waals surface area contributed by atoms with Gasteiger partial charge in [-0.1, -0.05) is 23.8 Å². The molecule has 1 heterocycles. The average molecular weight is 339 g/mol. The highest BCUT2D eigenvalue weighted by Crippen LogP contribution is 2.24. The van der Waals surface area contributed by atoms with Gasteiger partial charge < -0.3 is 10.4 Å². The molecule has 1 unspecified atom stereocenters. The van der Waals surface area contributed by atoms with Crippen LogP contribution in [0.3, 0.4) is 0 Å². The molecule has 0 aliphatic heterocycles. The van der Waals surface area contributed by atoms with Crippen LogP contribution in [0.25, 0.3) is 16.9 Å². The molecule has 25 heavy (non-hydrogen) atoms. The van der Waals surface area contributed by atoms with Crippen molar-refractivity contribution in [2.24, 2.45) is 0 Å². The predicted molar refractivity (Wildman–Crippen MR) is 97.1 cm³/mol. The molecule has 3 rings (SSSR count). The third kappa shape index (κ3) is 4.32. The van der Waals surface area contributed by atoms with Gasteiger partial charge in [-0.05, 0) is 44.2 Å². The van der Waals surface area contributed by atoms with E-state index in [0.29, 0.717) is 13.1 Å². The van der Waals surface area contributed by atoms with Gasteiger partial charge in [0, 0.05) is 30.4 Å². The standard InChI is InChI=1S/C20H22FN3O/c1-14-4-3-5-16(10-14)20-17(12-22-11-15(2)25)13-24(23-20)19-8-6-18(21)7-9-19/h3-10,13,15,22,25H,11-12H2,1-2H3. The molecular formula is C20H22FN3O. The summed E-state index contributed by atoms with van der Waals surface area (Å²) in [6.45, 7) is 4.90. The molecule has 0 saturated heterocycles. The first kappa shape index (κ1) is 17.3. The zero-order valence-corrected chi connectivity index (χ0v) is 14.4. The van der Waals surface area contributed by atoms with Crippen molar-refractivity contribution in [3.05, 3.63) is 71.7 Å². The first-order chi connectivity index (χ1) is 12.0. The third-order valence-corrected chi connectivity index (χ3v) is 3.93. The van der Waals surface area contributed by atoms with Gasteiger partial charge in [0.2, 0.25) is 0 Å². The van der Waals surface area contributed by atoms with Crippen LogP contribution in [-0.2, 0) is 6.54 Å². The van der Waals surface area contributed by atoms with E-state index < -0.39 is 6.10 Å². The lowest BCUT2D eigenvalue weighted by molar-refractivity contribution is 0.191. The van der Waals surface area contributed by atoms with Crippen LogP contribution >= 0.6 is 0 Å². The number of rotatable bonds is 6. The van der Waals surface area contributed by atoms with E-state index in [9.17, 15) is 9.50 Å². The third-order valence-electron chi connectivity index (χ3n) is 3.93. The second kappa shape index (κ2) is 7.59. The number of aryl methyl sites for hydroxylation is 1. The molecule has 0 aliphatic carbocycles. The highest BCUT2D eigenvalue weighted by atomic mass is 19.1. The summed E-state index contributed by atoms with van der Waals surface area (Å²) in [6, 6.07) is 14.4. The second-order valence-corrected chi connectivity index (χ2v) is 6.27. The molecule has 0 aliphatic rings. The molecule has 1 aromatic heterocycles. The van der Waals surface area contributed by atoms with Gasteiger partial charge in [-0.2, -0.15) is 5.10 Å². The minimum Gasteiger partial charge on any atom is -0.392 e. The predicted octanol–water partition coefficient (Wildman–Crippen LogP) is 3.46. The highest BCUT2D eigenvalue weighted by molar-refractivity contribution is 5.64. The molecule has 0 saturated carbocycles. The second-order valence-electron chi connectivity index (χ2n) is 6.27. The monoisotopic (exact) mass is 339 g/mol. The van der Waals surface area contributed by atoms with Gasteiger partial charge in [-0.25, -0.2) is 9.07 Å². The zero-order chi connectivity index (χ0) is 17.8. The Morgan fingerprint density at radius 3 is 2.64 bits per heavy atom. The first-order valence-corrected chi connectivity index (χ1v) is 8.33. The fourth-order valence-electron chi connectivity index (χ4n) is 2.72. The molecular weight excluding hydrogens is 317 g/mol. The molecule has 4 nitrogen and oxygen atoms in total. The lowest BCUT2D eigenvalue weighted by atomic mass is 10.1. The maximum atomic E-state index is 13.2. The van der Waals surface area contributed by atoms with Crippen LogP contribution < -0.4 is 5.32 Å². The number of benzene rings is 2. The molecule has 0 spiro atoms. The Kier molecular flexibility index (Phi) is 5.26. The summed E-state index contributed by atoms with van der Waals surface area (Å²) in [5.74, 6) is -0.270. The molecule has 3 aromatic rings. The lowest BCUT2D eigenvalue weighted by Gasteiger charge is -2.07. The van der Waals surface area contributed by atoms with Crippen molar-refractivity contribution in [1.29, 1.82) is 0 Å². The summed E-state index contributed by atoms with van der Waals surface area (Å²) in [6.07, 6.45) is 1.54. The summed E-state index contributed by atoms with van der Waals surface area (Å²) in [5, 5.41) is 17.4. The number of aliphatic hydroxyl groups is 1. The van der Waals surface area contributed by atoms with Gasteiger partial charge >= 0.3 is 0 Å². The van der Waals surface area contributed by atoms with Gasteiger partial charge in [0.1, 0.15) is 5.82 Å². The first-order valence-electron chi connectivity index (χ1n) is 8.33. The highest BCUT2D eigenvalue weighted by Gasteiger charge is 2.13. The van der Waals surface area contributed by atoms with Crippen LogP contribution in [0.4, 0.5) is 4.39 Å². The van der Waals surface area contributed by atoms with Crippen molar-refractivity contribution in [2.45, 2.75) is 26.5 Å². The van der Waals surface area contributed by atoms with Crippen LogP contribution in [0, 0.1) is 12.7 Å². The minimum absolute atomic E-state index is 0.270. The van der Waals surface area contributed by atoms with Crippen molar-refractivity contribution in [3.63, 3.8) is 0 Å². The van der Waals surface area contributed by atoms with Crippen molar-refractivity contribution in [3.8, 4) is 16.9 Å². The van der Waals surface area contributed by atoms with E-state index in [-0.39, 0.29) is 5.82 Å². The SMILES string of the molecule is Cc1cccc(-c2nn(-c3ccc(F)cc3)cc2CNCC(C)O)c1. The summed E-state index contributed by atoms with van der Waals surface area (Å²) < 4.78 is 14.9. The maximum absolute atomic E-state index is 13.2. The zero-order valence-electron chi connectivity index (χ0n) is 14.4. The normalized spacial score (nSPS) is 12.3. The molecule has 2 N–H and O–H groups in total. The van der Waals surface area contributed by atoms with Crippen LogP contribution in [0.2, 0.25) is 0 Å². The van der Waals surface area contributed by atoms with Gasteiger partial charge in [-0.3, -0.25) is 0 Å². The molecule has 5 heteroatoms. The van der Waals surface area contributed by atoms with Crippen molar-refractivity contribution < 1.29 is 9.50 Å². The minimum atomic E-state index is -0.408. The molecule has 0 bridgehead atoms. The maximum Gasteiger partial charge on any atom is 0.123 e. The van der Waals surface area contributed by atoms with Gasteiger partial charge in [0.25, 0.3) is 0 Å².